The van der Waals surface area contributed by atoms with Crippen LogP contribution in [0.1, 0.15) is 85.5 Å². The maximum Gasteiger partial charge on any atom is 0.306 e. The van der Waals surface area contributed by atoms with Crippen molar-refractivity contribution in [3.63, 3.8) is 0 Å². The molecule has 3 aliphatic heterocycles. The normalized spacial score (nSPS) is 47.0. The zero-order valence-corrected chi connectivity index (χ0v) is 31.1. The zero-order valence-electron chi connectivity index (χ0n) is 31.1. The van der Waals surface area contributed by atoms with Crippen molar-refractivity contribution in [3.05, 3.63) is 23.8 Å². The van der Waals surface area contributed by atoms with Crippen molar-refractivity contribution in [3.8, 4) is 0 Å². The number of allylic oxidation sites excluding steroid dienone is 4. The van der Waals surface area contributed by atoms with Gasteiger partial charge in [-0.25, -0.2) is 0 Å². The average molecular weight is 704 g/mol. The van der Waals surface area contributed by atoms with Gasteiger partial charge < -0.3 is 43.6 Å². The predicted octanol–water partition coefficient (Wildman–Crippen LogP) is 4.88. The van der Waals surface area contributed by atoms with Crippen LogP contribution in [0.25, 0.3) is 0 Å². The summed E-state index contributed by atoms with van der Waals surface area (Å²) in [4.78, 5) is 28.0. The van der Waals surface area contributed by atoms with E-state index in [1.54, 1.807) is 21.3 Å². The van der Waals surface area contributed by atoms with Gasteiger partial charge in [-0.3, -0.25) is 9.59 Å². The Balaban J connectivity index is 1.21. The maximum atomic E-state index is 14.5. The molecule has 0 bridgehead atoms. The molecule has 0 aromatic heterocycles. The number of hydrogen-bond acceptors (Lipinski definition) is 11. The van der Waals surface area contributed by atoms with Crippen LogP contribution in [0.15, 0.2) is 23.8 Å². The second-order valence-electron chi connectivity index (χ2n) is 15.6. The summed E-state index contributed by atoms with van der Waals surface area (Å²) in [5.74, 6) is -0.0500. The second-order valence-corrected chi connectivity index (χ2v) is 15.6. The second kappa shape index (κ2) is 16.5. The SMILES string of the molecule is CC[C@H]1CCC[C@H](O[C@H]2CC[C@H](N)[C@@H](C)O2)[C@@H](C)C(=O)C2=C[C@@H]3[C@@H](C=C[C@@H]4C[C@@H](O[C@@H]5O[C@@H](C)[C@H](OC)[C@@H](OC)[C@H]5OC)C[C@@H]34)[C@@H]2CC(=O)O1. The molecule has 0 aromatic rings. The van der Waals surface area contributed by atoms with E-state index in [9.17, 15) is 9.59 Å². The maximum absolute atomic E-state index is 14.5. The fraction of sp³-hybridized carbons (Fsp3) is 0.846. The van der Waals surface area contributed by atoms with Crippen molar-refractivity contribution < 1.29 is 47.5 Å². The first-order chi connectivity index (χ1) is 24.1. The molecule has 2 N–H and O–H groups in total. The smallest absolute Gasteiger partial charge is 0.306 e. The average Bonchev–Trinajstić information content (AvgIpc) is 3.68. The molecule has 17 atom stereocenters. The van der Waals surface area contributed by atoms with Gasteiger partial charge in [0.25, 0.3) is 0 Å². The third-order valence-electron chi connectivity index (χ3n) is 12.7. The van der Waals surface area contributed by atoms with Crippen molar-refractivity contribution in [2.75, 3.05) is 21.3 Å². The number of ketones is 1. The van der Waals surface area contributed by atoms with E-state index in [1.807, 2.05) is 20.8 Å². The van der Waals surface area contributed by atoms with Crippen LogP contribution < -0.4 is 5.73 Å². The van der Waals surface area contributed by atoms with Gasteiger partial charge in [-0.15, -0.1) is 0 Å². The number of esters is 1. The summed E-state index contributed by atoms with van der Waals surface area (Å²) < 4.78 is 49.1. The molecule has 11 nitrogen and oxygen atoms in total. The van der Waals surface area contributed by atoms with E-state index in [1.165, 1.54) is 0 Å². The number of methoxy groups -OCH3 is 3. The highest BCUT2D eigenvalue weighted by Gasteiger charge is 2.52. The molecular weight excluding hydrogens is 642 g/mol. The first-order valence-electron chi connectivity index (χ1n) is 19.2. The van der Waals surface area contributed by atoms with Crippen LogP contribution >= 0.6 is 0 Å². The molecule has 4 fully saturated rings. The van der Waals surface area contributed by atoms with Crippen LogP contribution in [0.2, 0.25) is 0 Å². The first kappa shape index (κ1) is 38.0. The molecule has 3 saturated heterocycles. The van der Waals surface area contributed by atoms with Crippen LogP contribution in [0, 0.1) is 35.5 Å². The van der Waals surface area contributed by atoms with E-state index < -0.39 is 12.4 Å². The van der Waals surface area contributed by atoms with Crippen molar-refractivity contribution in [2.45, 2.75) is 153 Å². The molecular formula is C39H61NO10. The Morgan fingerprint density at radius 3 is 2.30 bits per heavy atom. The summed E-state index contributed by atoms with van der Waals surface area (Å²) in [6, 6.07) is -0.0131. The number of Topliss-reactive ketones (excluding diaryl/α,β-unsaturated/α-hetero) is 1. The standard InChI is InChI=1S/C39H61NO10/c1-8-24-10-9-11-32(50-34-15-14-31(40)21(3)46-34)20(2)35(42)30-18-28-26(29(30)19-33(41)48-24)13-12-23-16-25(17-27(23)28)49-39-38(45-7)37(44-6)36(43-5)22(4)47-39/h12-13,18,20-29,31-32,34,36-39H,8-11,14-17,19,40H2,1-7H3/t20-,21-,22+,23-,24+,25-,26-,27-,28-,29+,31+,32+,34+,36+,37-,38-,39+/m1/s1. The largest absolute Gasteiger partial charge is 0.462 e. The van der Waals surface area contributed by atoms with Gasteiger partial charge in [0.05, 0.1) is 30.8 Å². The lowest BCUT2D eigenvalue weighted by molar-refractivity contribution is -0.314. The van der Waals surface area contributed by atoms with E-state index in [2.05, 4.69) is 25.2 Å². The minimum atomic E-state index is -0.597. The summed E-state index contributed by atoms with van der Waals surface area (Å²) in [6.45, 7) is 8.00. The predicted molar refractivity (Wildman–Crippen MR) is 185 cm³/mol. The molecule has 3 heterocycles. The number of cyclic esters (lactones) is 1. The van der Waals surface area contributed by atoms with Crippen LogP contribution in [0.4, 0.5) is 0 Å². The molecule has 11 heteroatoms. The van der Waals surface area contributed by atoms with E-state index >= 15 is 0 Å². The Morgan fingerprint density at radius 1 is 0.840 bits per heavy atom. The number of nitrogens with two attached hydrogens (primary N) is 1. The highest BCUT2D eigenvalue weighted by atomic mass is 16.7. The number of carbonyl (C=O) groups excluding carboxylic acids is 2. The number of hydrogen-bond donors (Lipinski definition) is 1. The number of rotatable bonds is 8. The zero-order chi connectivity index (χ0) is 35.7. The molecule has 6 aliphatic rings. The summed E-state index contributed by atoms with van der Waals surface area (Å²) in [6.07, 6.45) is 10.2. The minimum absolute atomic E-state index is 0.0131. The van der Waals surface area contributed by atoms with Crippen molar-refractivity contribution in [2.24, 2.45) is 41.2 Å². The minimum Gasteiger partial charge on any atom is -0.462 e. The fourth-order valence-electron chi connectivity index (χ4n) is 9.75. The fourth-order valence-corrected chi connectivity index (χ4v) is 9.75. The lowest BCUT2D eigenvalue weighted by atomic mass is 9.70. The number of ether oxygens (including phenoxy) is 8. The lowest BCUT2D eigenvalue weighted by Gasteiger charge is -2.44. The number of fused-ring (bicyclic) bond motifs is 5. The van der Waals surface area contributed by atoms with E-state index in [0.717, 1.165) is 44.1 Å². The molecule has 50 heavy (non-hydrogen) atoms. The topological polar surface area (TPSA) is 134 Å². The van der Waals surface area contributed by atoms with Gasteiger partial charge in [-0.1, -0.05) is 32.1 Å². The van der Waals surface area contributed by atoms with Gasteiger partial charge >= 0.3 is 5.97 Å². The highest BCUT2D eigenvalue weighted by Crippen LogP contribution is 2.54. The Labute approximate surface area is 298 Å². The van der Waals surface area contributed by atoms with Gasteiger partial charge in [-0.2, -0.15) is 0 Å². The van der Waals surface area contributed by atoms with Crippen LogP contribution in [0.3, 0.4) is 0 Å². The first-order valence-corrected chi connectivity index (χ1v) is 19.2. The quantitative estimate of drug-likeness (QED) is 0.274. The van der Waals surface area contributed by atoms with E-state index in [0.29, 0.717) is 18.8 Å². The van der Waals surface area contributed by atoms with Gasteiger partial charge in [0.15, 0.2) is 18.4 Å². The van der Waals surface area contributed by atoms with Gasteiger partial charge in [-0.05, 0) is 94.5 Å². The molecule has 6 rings (SSSR count). The summed E-state index contributed by atoms with van der Waals surface area (Å²) in [5, 5.41) is 0. The van der Waals surface area contributed by atoms with Crippen LogP contribution in [-0.4, -0.2) is 101 Å². The van der Waals surface area contributed by atoms with Crippen LogP contribution in [0.5, 0.6) is 0 Å². The Morgan fingerprint density at radius 2 is 1.60 bits per heavy atom. The van der Waals surface area contributed by atoms with E-state index in [4.69, 9.17) is 43.6 Å². The van der Waals surface area contributed by atoms with Crippen molar-refractivity contribution >= 4 is 11.8 Å². The van der Waals surface area contributed by atoms with E-state index in [-0.39, 0.29) is 103 Å². The molecule has 3 aliphatic carbocycles. The summed E-state index contributed by atoms with van der Waals surface area (Å²) in [7, 11) is 4.96. The number of carbonyl (C=O) groups is 2. The van der Waals surface area contributed by atoms with Crippen LogP contribution in [-0.2, 0) is 47.5 Å². The summed E-state index contributed by atoms with van der Waals surface area (Å²) >= 11 is 0. The van der Waals surface area contributed by atoms with Gasteiger partial charge in [0, 0.05) is 39.2 Å². The lowest BCUT2D eigenvalue weighted by Crippen LogP contribution is -2.59. The third-order valence-corrected chi connectivity index (χ3v) is 12.7. The molecule has 0 spiro atoms. The third kappa shape index (κ3) is 7.81. The van der Waals surface area contributed by atoms with Gasteiger partial charge in [0.1, 0.15) is 24.4 Å². The summed E-state index contributed by atoms with van der Waals surface area (Å²) in [5.41, 5.74) is 6.96. The molecule has 1 saturated carbocycles. The molecule has 0 amide bonds. The molecule has 282 valence electrons. The Kier molecular flexibility index (Phi) is 12.6. The van der Waals surface area contributed by atoms with Gasteiger partial charge in [0.2, 0.25) is 0 Å². The van der Waals surface area contributed by atoms with Crippen molar-refractivity contribution in [1.82, 2.24) is 0 Å². The highest BCUT2D eigenvalue weighted by molar-refractivity contribution is 5.99. The Bertz CT molecular complexity index is 1240. The molecule has 0 aromatic carbocycles. The Hall–Kier alpha value is -1.70. The monoisotopic (exact) mass is 703 g/mol. The molecule has 0 radical (unpaired) electrons. The molecule has 0 unspecified atom stereocenters. The van der Waals surface area contributed by atoms with Crippen molar-refractivity contribution in [1.29, 1.82) is 0 Å².